The molecular formula is C12H11N3O6. The van der Waals surface area contributed by atoms with Gasteiger partial charge in [-0.05, 0) is 6.07 Å². The molecule has 0 unspecified atom stereocenters. The highest BCUT2D eigenvalue weighted by molar-refractivity contribution is 5.69. The third-order valence-electron chi connectivity index (χ3n) is 2.54. The van der Waals surface area contributed by atoms with Crippen molar-refractivity contribution < 1.29 is 19.7 Å². The molecule has 0 aliphatic heterocycles. The van der Waals surface area contributed by atoms with Crippen LogP contribution in [0.15, 0.2) is 18.2 Å². The molecule has 0 heterocycles. The van der Waals surface area contributed by atoms with Gasteiger partial charge in [0.25, 0.3) is 11.4 Å². The van der Waals surface area contributed by atoms with Crippen LogP contribution >= 0.6 is 0 Å². The molecule has 0 atom stereocenters. The Morgan fingerprint density at radius 2 is 2.00 bits per heavy atom. The minimum absolute atomic E-state index is 0.0135. The molecule has 21 heavy (non-hydrogen) atoms. The lowest BCUT2D eigenvalue weighted by Crippen LogP contribution is -2.30. The molecule has 0 aromatic heterocycles. The van der Waals surface area contributed by atoms with E-state index in [4.69, 9.17) is 11.5 Å². The number of aliphatic carboxylic acids is 1. The normalized spacial score (nSPS) is 10.1. The van der Waals surface area contributed by atoms with Crippen molar-refractivity contribution in [1.82, 2.24) is 4.90 Å². The number of hydrogen-bond acceptors (Lipinski definition) is 6. The second-order valence-electron chi connectivity index (χ2n) is 4.07. The maximum atomic E-state index is 11.0. The van der Waals surface area contributed by atoms with Crippen LogP contribution < -0.4 is 0 Å². The molecule has 0 bridgehead atoms. The average molecular weight is 293 g/mol. The molecule has 0 amide bonds. The predicted molar refractivity (Wildman–Crippen MR) is 71.5 cm³/mol. The van der Waals surface area contributed by atoms with Crippen LogP contribution in [-0.4, -0.2) is 38.9 Å². The van der Waals surface area contributed by atoms with E-state index < -0.39 is 33.7 Å². The van der Waals surface area contributed by atoms with E-state index in [-0.39, 0.29) is 18.7 Å². The van der Waals surface area contributed by atoms with Gasteiger partial charge >= 0.3 is 5.97 Å². The molecule has 110 valence electrons. The topological polar surface area (TPSA) is 127 Å². The average Bonchev–Trinajstić information content (AvgIpc) is 2.38. The smallest absolute Gasteiger partial charge is 0.317 e. The SMILES string of the molecule is C#CCN(CC(=O)O)Cc1ccc([N+](=O)[O-])cc1[N+](=O)[O-]. The summed E-state index contributed by atoms with van der Waals surface area (Å²) < 4.78 is 0. The van der Waals surface area contributed by atoms with Crippen LogP contribution in [-0.2, 0) is 11.3 Å². The number of non-ortho nitro benzene ring substituents is 1. The van der Waals surface area contributed by atoms with Crippen molar-refractivity contribution in [2.45, 2.75) is 6.54 Å². The van der Waals surface area contributed by atoms with Gasteiger partial charge in [0.1, 0.15) is 0 Å². The Morgan fingerprint density at radius 1 is 1.33 bits per heavy atom. The van der Waals surface area contributed by atoms with E-state index in [1.165, 1.54) is 11.0 Å². The van der Waals surface area contributed by atoms with Crippen molar-refractivity contribution in [3.63, 3.8) is 0 Å². The third kappa shape index (κ3) is 4.55. The Labute approximate surface area is 119 Å². The molecule has 0 aliphatic carbocycles. The molecule has 1 aromatic carbocycles. The first-order valence-corrected chi connectivity index (χ1v) is 5.64. The second-order valence-corrected chi connectivity index (χ2v) is 4.07. The number of carboxylic acids is 1. The van der Waals surface area contributed by atoms with Crippen LogP contribution in [0.25, 0.3) is 0 Å². The van der Waals surface area contributed by atoms with Crippen LogP contribution in [0.1, 0.15) is 5.56 Å². The number of rotatable bonds is 7. The monoisotopic (exact) mass is 293 g/mol. The fourth-order valence-corrected chi connectivity index (χ4v) is 1.70. The van der Waals surface area contributed by atoms with Gasteiger partial charge in [0.2, 0.25) is 0 Å². The van der Waals surface area contributed by atoms with Crippen LogP contribution in [0.2, 0.25) is 0 Å². The summed E-state index contributed by atoms with van der Waals surface area (Å²) in [5, 5.41) is 30.3. The summed E-state index contributed by atoms with van der Waals surface area (Å²) >= 11 is 0. The minimum Gasteiger partial charge on any atom is -0.480 e. The van der Waals surface area contributed by atoms with Crippen molar-refractivity contribution in [2.75, 3.05) is 13.1 Å². The highest BCUT2D eigenvalue weighted by Gasteiger charge is 2.21. The lowest BCUT2D eigenvalue weighted by atomic mass is 10.1. The van der Waals surface area contributed by atoms with Crippen molar-refractivity contribution in [3.05, 3.63) is 44.0 Å². The Hall–Kier alpha value is -2.99. The van der Waals surface area contributed by atoms with Gasteiger partial charge in [0.05, 0.1) is 29.0 Å². The number of terminal acetylenes is 1. The zero-order chi connectivity index (χ0) is 16.0. The number of benzene rings is 1. The number of carbonyl (C=O) groups is 1. The van der Waals surface area contributed by atoms with E-state index >= 15 is 0 Å². The quantitative estimate of drug-likeness (QED) is 0.451. The van der Waals surface area contributed by atoms with E-state index in [0.717, 1.165) is 12.1 Å². The standard InChI is InChI=1S/C12H11N3O6/c1-2-5-13(8-12(16)17)7-9-3-4-10(14(18)19)6-11(9)15(20)21/h1,3-4,6H,5,7-8H2,(H,16,17). The van der Waals surface area contributed by atoms with Crippen molar-refractivity contribution in [3.8, 4) is 12.3 Å². The number of carboxylic acid groups (broad SMARTS) is 1. The first-order chi connectivity index (χ1) is 9.85. The predicted octanol–water partition coefficient (Wildman–Crippen LogP) is 1.02. The molecule has 0 radical (unpaired) electrons. The number of nitrogens with zero attached hydrogens (tertiary/aromatic N) is 3. The van der Waals surface area contributed by atoms with E-state index in [0.29, 0.717) is 0 Å². The molecule has 0 saturated carbocycles. The fraction of sp³-hybridized carbons (Fsp3) is 0.250. The minimum atomic E-state index is -1.13. The van der Waals surface area contributed by atoms with Crippen LogP contribution in [0.5, 0.6) is 0 Å². The summed E-state index contributed by atoms with van der Waals surface area (Å²) in [6.07, 6.45) is 5.11. The van der Waals surface area contributed by atoms with Gasteiger partial charge < -0.3 is 5.11 Å². The molecule has 1 aromatic rings. The summed E-state index contributed by atoms with van der Waals surface area (Å²) in [6, 6.07) is 3.18. The van der Waals surface area contributed by atoms with Crippen molar-refractivity contribution >= 4 is 17.3 Å². The lowest BCUT2D eigenvalue weighted by Gasteiger charge is -2.17. The molecule has 1 rings (SSSR count). The number of hydrogen-bond donors (Lipinski definition) is 1. The zero-order valence-corrected chi connectivity index (χ0v) is 10.8. The molecule has 0 spiro atoms. The van der Waals surface area contributed by atoms with Gasteiger partial charge in [-0.25, -0.2) is 0 Å². The van der Waals surface area contributed by atoms with Gasteiger partial charge in [-0.1, -0.05) is 5.92 Å². The van der Waals surface area contributed by atoms with Gasteiger partial charge in [-0.3, -0.25) is 29.9 Å². The van der Waals surface area contributed by atoms with E-state index in [2.05, 4.69) is 5.92 Å². The van der Waals surface area contributed by atoms with E-state index in [9.17, 15) is 25.0 Å². The van der Waals surface area contributed by atoms with Crippen LogP contribution in [0.3, 0.4) is 0 Å². The summed E-state index contributed by atoms with van der Waals surface area (Å²) in [7, 11) is 0. The first-order valence-electron chi connectivity index (χ1n) is 5.64. The molecule has 9 nitrogen and oxygen atoms in total. The largest absolute Gasteiger partial charge is 0.480 e. The first kappa shape index (κ1) is 16.1. The molecule has 0 aliphatic rings. The van der Waals surface area contributed by atoms with Crippen molar-refractivity contribution in [2.24, 2.45) is 0 Å². The molecule has 0 saturated heterocycles. The Kier molecular flexibility index (Phi) is 5.33. The van der Waals surface area contributed by atoms with E-state index in [1.807, 2.05) is 0 Å². The maximum absolute atomic E-state index is 11.0. The highest BCUT2D eigenvalue weighted by atomic mass is 16.6. The summed E-state index contributed by atoms with van der Waals surface area (Å²) in [5.74, 6) is 1.13. The maximum Gasteiger partial charge on any atom is 0.317 e. The molecule has 1 N–H and O–H groups in total. The Morgan fingerprint density at radius 3 is 2.48 bits per heavy atom. The Bertz CT molecular complexity index is 622. The van der Waals surface area contributed by atoms with Gasteiger partial charge in [0.15, 0.2) is 0 Å². The third-order valence-corrected chi connectivity index (χ3v) is 2.54. The van der Waals surface area contributed by atoms with Crippen LogP contribution in [0.4, 0.5) is 11.4 Å². The number of nitro benzene ring substituents is 2. The molecular weight excluding hydrogens is 282 g/mol. The second kappa shape index (κ2) is 6.97. The summed E-state index contributed by atoms with van der Waals surface area (Å²) in [6.45, 7) is -0.496. The molecule has 0 fully saturated rings. The molecule has 9 heteroatoms. The fourth-order valence-electron chi connectivity index (χ4n) is 1.70. The summed E-state index contributed by atoms with van der Waals surface area (Å²) in [4.78, 5) is 32.1. The zero-order valence-electron chi connectivity index (χ0n) is 10.8. The van der Waals surface area contributed by atoms with Gasteiger partial charge in [0, 0.05) is 18.2 Å². The van der Waals surface area contributed by atoms with Crippen molar-refractivity contribution in [1.29, 1.82) is 0 Å². The summed E-state index contributed by atoms with van der Waals surface area (Å²) in [5.41, 5.74) is -0.703. The Balaban J connectivity index is 3.11. The lowest BCUT2D eigenvalue weighted by molar-refractivity contribution is -0.394. The van der Waals surface area contributed by atoms with Crippen LogP contribution in [0, 0.1) is 32.6 Å². The number of nitro groups is 2. The van der Waals surface area contributed by atoms with Gasteiger partial charge in [-0.15, -0.1) is 6.42 Å². The highest BCUT2D eigenvalue weighted by Crippen LogP contribution is 2.25. The van der Waals surface area contributed by atoms with Gasteiger partial charge in [-0.2, -0.15) is 0 Å². The van der Waals surface area contributed by atoms with E-state index in [1.54, 1.807) is 0 Å².